The predicted octanol–water partition coefficient (Wildman–Crippen LogP) is 5.63. The number of nitrogens with one attached hydrogen (secondary N) is 2. The summed E-state index contributed by atoms with van der Waals surface area (Å²) < 4.78 is 9.78. The molecule has 0 unspecified atom stereocenters. The van der Waals surface area contributed by atoms with Gasteiger partial charge in [-0.3, -0.25) is 9.59 Å². The minimum atomic E-state index is -0.789. The molecular formula is C27H30N2O5. The summed E-state index contributed by atoms with van der Waals surface area (Å²) >= 11 is 0. The van der Waals surface area contributed by atoms with Gasteiger partial charge in [-0.1, -0.05) is 12.1 Å². The monoisotopic (exact) mass is 462 g/mol. The van der Waals surface area contributed by atoms with Crippen LogP contribution in [-0.2, 0) is 9.53 Å². The van der Waals surface area contributed by atoms with Gasteiger partial charge in [0.25, 0.3) is 5.91 Å². The molecule has 2 N–H and O–H groups in total. The van der Waals surface area contributed by atoms with Crippen molar-refractivity contribution in [3.8, 4) is 5.75 Å². The van der Waals surface area contributed by atoms with Gasteiger partial charge in [-0.05, 0) is 99.6 Å². The first-order valence-electron chi connectivity index (χ1n) is 12.1. The van der Waals surface area contributed by atoms with Crippen LogP contribution >= 0.6 is 0 Å². The molecule has 0 aromatic heterocycles. The van der Waals surface area contributed by atoms with Gasteiger partial charge in [0.2, 0.25) is 5.91 Å². The molecule has 0 saturated heterocycles. The van der Waals surface area contributed by atoms with Crippen molar-refractivity contribution in [2.45, 2.75) is 45.4 Å². The molecule has 34 heavy (non-hydrogen) atoms. The average molecular weight is 463 g/mol. The van der Waals surface area contributed by atoms with Crippen molar-refractivity contribution < 1.29 is 23.9 Å². The maximum absolute atomic E-state index is 13.5. The van der Waals surface area contributed by atoms with Crippen molar-refractivity contribution in [2.24, 2.45) is 23.2 Å². The van der Waals surface area contributed by atoms with Gasteiger partial charge in [-0.2, -0.15) is 0 Å². The summed E-state index contributed by atoms with van der Waals surface area (Å²) in [6, 6.07) is 13.5. The van der Waals surface area contributed by atoms with Gasteiger partial charge < -0.3 is 20.1 Å². The van der Waals surface area contributed by atoms with Crippen molar-refractivity contribution in [3.63, 3.8) is 0 Å². The molecule has 4 aliphatic rings. The van der Waals surface area contributed by atoms with E-state index in [1.807, 2.05) is 18.2 Å². The van der Waals surface area contributed by atoms with Crippen LogP contribution in [0.5, 0.6) is 5.75 Å². The van der Waals surface area contributed by atoms with Crippen LogP contribution in [0.15, 0.2) is 48.5 Å². The van der Waals surface area contributed by atoms with E-state index in [9.17, 15) is 14.4 Å². The Morgan fingerprint density at radius 3 is 1.97 bits per heavy atom. The lowest BCUT2D eigenvalue weighted by atomic mass is 9.49. The van der Waals surface area contributed by atoms with Crippen molar-refractivity contribution in [3.05, 3.63) is 54.1 Å². The zero-order valence-corrected chi connectivity index (χ0v) is 19.3. The molecule has 0 spiro atoms. The van der Waals surface area contributed by atoms with E-state index in [1.165, 1.54) is 31.4 Å². The zero-order valence-electron chi connectivity index (χ0n) is 19.3. The van der Waals surface area contributed by atoms with Crippen LogP contribution in [0.25, 0.3) is 0 Å². The molecule has 4 fully saturated rings. The summed E-state index contributed by atoms with van der Waals surface area (Å²) in [7, 11) is 0. The Hall–Kier alpha value is -3.35. The number of hydrogen-bond acceptors (Lipinski definition) is 5. The van der Waals surface area contributed by atoms with E-state index in [1.54, 1.807) is 25.1 Å². The van der Waals surface area contributed by atoms with E-state index in [2.05, 4.69) is 10.6 Å². The molecule has 0 aliphatic heterocycles. The number of anilines is 2. The summed E-state index contributed by atoms with van der Waals surface area (Å²) in [5.41, 5.74) is 1.30. The first kappa shape index (κ1) is 22.4. The normalized spacial score (nSPS) is 26.6. The largest absolute Gasteiger partial charge is 0.513 e. The van der Waals surface area contributed by atoms with Gasteiger partial charge in [0.05, 0.1) is 23.4 Å². The molecule has 6 rings (SSSR count). The van der Waals surface area contributed by atoms with Crippen LogP contribution in [0, 0.1) is 23.2 Å². The fourth-order valence-corrected chi connectivity index (χ4v) is 6.46. The van der Waals surface area contributed by atoms with E-state index in [0.717, 1.165) is 19.3 Å². The Morgan fingerprint density at radius 1 is 0.853 bits per heavy atom. The molecule has 2 aromatic rings. The van der Waals surface area contributed by atoms with Crippen molar-refractivity contribution in [2.75, 3.05) is 17.2 Å². The van der Waals surface area contributed by atoms with Gasteiger partial charge in [-0.25, -0.2) is 4.79 Å². The third kappa shape index (κ3) is 4.52. The summed E-state index contributed by atoms with van der Waals surface area (Å²) in [5.74, 6) is 2.11. The molecule has 7 heteroatoms. The van der Waals surface area contributed by atoms with Gasteiger partial charge in [0.1, 0.15) is 5.75 Å². The van der Waals surface area contributed by atoms with E-state index in [4.69, 9.17) is 9.47 Å². The molecule has 0 heterocycles. The first-order chi connectivity index (χ1) is 16.4. The Bertz CT molecular complexity index is 1060. The van der Waals surface area contributed by atoms with Crippen LogP contribution in [-0.4, -0.2) is 24.6 Å². The predicted molar refractivity (Wildman–Crippen MR) is 128 cm³/mol. The molecule has 0 radical (unpaired) electrons. The Kier molecular flexibility index (Phi) is 6.02. The second-order valence-electron chi connectivity index (χ2n) is 9.96. The van der Waals surface area contributed by atoms with Crippen molar-refractivity contribution in [1.82, 2.24) is 0 Å². The second-order valence-corrected chi connectivity index (χ2v) is 9.96. The minimum Gasteiger partial charge on any atom is -0.434 e. The smallest absolute Gasteiger partial charge is 0.434 e. The molecule has 4 saturated carbocycles. The van der Waals surface area contributed by atoms with E-state index in [0.29, 0.717) is 40.4 Å². The third-order valence-corrected chi connectivity index (χ3v) is 7.52. The zero-order chi connectivity index (χ0) is 23.7. The lowest BCUT2D eigenvalue weighted by Crippen LogP contribution is -2.51. The number of rotatable bonds is 6. The van der Waals surface area contributed by atoms with Crippen LogP contribution < -0.4 is 15.4 Å². The highest BCUT2D eigenvalue weighted by Gasteiger charge is 2.54. The summed E-state index contributed by atoms with van der Waals surface area (Å²) in [4.78, 5) is 37.8. The maximum atomic E-state index is 13.5. The molecular weight excluding hydrogens is 432 g/mol. The Labute approximate surface area is 199 Å². The molecule has 178 valence electrons. The number of hydrogen-bond donors (Lipinski definition) is 2. The SMILES string of the molecule is CCOC(=O)Oc1ccc(C(=O)Nc2ccccc2NC(=O)C23CC4CC(CC(C4)C2)C3)cc1. The number of carbonyl (C=O) groups excluding carboxylic acids is 3. The fraction of sp³-hybridized carbons (Fsp3) is 0.444. The summed E-state index contributed by atoms with van der Waals surface area (Å²) in [5, 5.41) is 6.04. The van der Waals surface area contributed by atoms with Crippen LogP contribution in [0.2, 0.25) is 0 Å². The highest BCUT2D eigenvalue weighted by atomic mass is 16.7. The van der Waals surface area contributed by atoms with Crippen LogP contribution in [0.1, 0.15) is 55.8 Å². The maximum Gasteiger partial charge on any atom is 0.513 e. The Morgan fingerprint density at radius 2 is 1.41 bits per heavy atom. The summed E-state index contributed by atoms with van der Waals surface area (Å²) in [6.45, 7) is 1.91. The van der Waals surface area contributed by atoms with Gasteiger partial charge in [0, 0.05) is 5.56 Å². The molecule has 2 aromatic carbocycles. The topological polar surface area (TPSA) is 93.7 Å². The number of benzene rings is 2. The number of para-hydroxylation sites is 2. The quantitative estimate of drug-likeness (QED) is 0.429. The lowest BCUT2D eigenvalue weighted by molar-refractivity contribution is -0.140. The summed E-state index contributed by atoms with van der Waals surface area (Å²) in [6.07, 6.45) is 6.01. The number of carbonyl (C=O) groups is 3. The molecule has 0 atom stereocenters. The van der Waals surface area contributed by atoms with Gasteiger partial charge in [0.15, 0.2) is 0 Å². The standard InChI is InChI=1S/C27H30N2O5/c1-2-33-26(32)34-21-9-7-20(8-10-21)24(30)28-22-5-3-4-6-23(22)29-25(31)27-14-17-11-18(15-27)13-19(12-17)16-27/h3-10,17-19H,2,11-16H2,1H3,(H,28,30)(H,29,31). The van der Waals surface area contributed by atoms with Gasteiger partial charge in [-0.15, -0.1) is 0 Å². The van der Waals surface area contributed by atoms with E-state index < -0.39 is 6.16 Å². The second kappa shape index (κ2) is 9.12. The highest BCUT2D eigenvalue weighted by Crippen LogP contribution is 2.60. The third-order valence-electron chi connectivity index (χ3n) is 7.52. The number of ether oxygens (including phenoxy) is 2. The average Bonchev–Trinajstić information content (AvgIpc) is 2.80. The van der Waals surface area contributed by atoms with Crippen LogP contribution in [0.4, 0.5) is 16.2 Å². The van der Waals surface area contributed by atoms with E-state index >= 15 is 0 Å². The van der Waals surface area contributed by atoms with Crippen molar-refractivity contribution in [1.29, 1.82) is 0 Å². The fourth-order valence-electron chi connectivity index (χ4n) is 6.46. The van der Waals surface area contributed by atoms with Crippen LogP contribution in [0.3, 0.4) is 0 Å². The lowest BCUT2D eigenvalue weighted by Gasteiger charge is -2.55. The molecule has 2 amide bonds. The van der Waals surface area contributed by atoms with Crippen molar-refractivity contribution >= 4 is 29.3 Å². The Balaban J connectivity index is 1.26. The first-order valence-corrected chi connectivity index (χ1v) is 12.1. The minimum absolute atomic E-state index is 0.0915. The van der Waals surface area contributed by atoms with E-state index in [-0.39, 0.29) is 23.8 Å². The molecule has 4 aliphatic carbocycles. The number of amides is 2. The molecule has 7 nitrogen and oxygen atoms in total. The molecule has 4 bridgehead atoms. The highest BCUT2D eigenvalue weighted by molar-refractivity contribution is 6.07. The van der Waals surface area contributed by atoms with Gasteiger partial charge >= 0.3 is 6.16 Å².